The molecule has 0 aromatic heterocycles. The van der Waals surface area contributed by atoms with Gasteiger partial charge in [0.05, 0.1) is 13.0 Å². The van der Waals surface area contributed by atoms with Gasteiger partial charge in [0.25, 0.3) is 0 Å². The van der Waals surface area contributed by atoms with Crippen LogP contribution in [0.1, 0.15) is 25.8 Å². The predicted molar refractivity (Wildman–Crippen MR) is 102 cm³/mol. The van der Waals surface area contributed by atoms with E-state index in [2.05, 4.69) is 5.32 Å². The van der Waals surface area contributed by atoms with E-state index < -0.39 is 43.8 Å². The first-order chi connectivity index (χ1) is 14.1. The molecule has 2 amide bonds. The molecule has 0 bridgehead atoms. The average Bonchev–Trinajstić information content (AvgIpc) is 2.85. The number of benzene rings is 1. The summed E-state index contributed by atoms with van der Waals surface area (Å²) in [6.45, 7) is 1.90. The van der Waals surface area contributed by atoms with Crippen LogP contribution >= 0.6 is 0 Å². The Morgan fingerprint density at radius 1 is 1.20 bits per heavy atom. The summed E-state index contributed by atoms with van der Waals surface area (Å²) in [6, 6.07) is 7.05. The normalized spacial score (nSPS) is 26.3. The molecule has 11 heteroatoms. The highest BCUT2D eigenvalue weighted by molar-refractivity contribution is 7.94. The summed E-state index contributed by atoms with van der Waals surface area (Å²) in [5.74, 6) is -3.07. The van der Waals surface area contributed by atoms with Gasteiger partial charge in [-0.1, -0.05) is 30.3 Å². The van der Waals surface area contributed by atoms with Gasteiger partial charge in [-0.3, -0.25) is 14.4 Å². The fourth-order valence-corrected chi connectivity index (χ4v) is 5.84. The number of sulfone groups is 1. The molecule has 0 unspecified atom stereocenters. The third kappa shape index (κ3) is 3.53. The summed E-state index contributed by atoms with van der Waals surface area (Å²) in [7, 11) is -4.25. The van der Waals surface area contributed by atoms with Crippen LogP contribution in [0.15, 0.2) is 30.3 Å². The molecule has 2 saturated heterocycles. The molecule has 0 radical (unpaired) electrons. The molecule has 3 atom stereocenters. The van der Waals surface area contributed by atoms with Gasteiger partial charge in [-0.25, -0.2) is 13.2 Å². The van der Waals surface area contributed by atoms with Crippen molar-refractivity contribution in [3.63, 3.8) is 0 Å². The Morgan fingerprint density at radius 2 is 1.87 bits per heavy atom. The second-order valence-corrected chi connectivity index (χ2v) is 9.71. The van der Waals surface area contributed by atoms with Gasteiger partial charge in [0.2, 0.25) is 11.8 Å². The highest BCUT2D eigenvalue weighted by Gasteiger charge is 2.74. The number of β-lactam (4-membered cyclic amide) rings is 1. The Hall–Kier alpha value is -2.95. The highest BCUT2D eigenvalue weighted by Crippen LogP contribution is 2.47. The van der Waals surface area contributed by atoms with Crippen molar-refractivity contribution in [3.05, 3.63) is 35.9 Å². The SMILES string of the molecule is CC(=O)NCCOC(=O)[C@@]1(C)[C@H](C(=O)OCc2ccccc2)N2C(=O)C[C@H]2S1(=O)=O. The van der Waals surface area contributed by atoms with Gasteiger partial charge in [-0.05, 0) is 12.5 Å². The molecule has 1 N–H and O–H groups in total. The van der Waals surface area contributed by atoms with Gasteiger partial charge in [0, 0.05) is 6.92 Å². The first kappa shape index (κ1) is 21.8. The van der Waals surface area contributed by atoms with E-state index in [0.29, 0.717) is 5.56 Å². The summed E-state index contributed by atoms with van der Waals surface area (Å²) in [4.78, 5) is 49.5. The molecule has 2 aliphatic heterocycles. The van der Waals surface area contributed by atoms with Crippen LogP contribution in [0, 0.1) is 0 Å². The molecule has 2 aliphatic rings. The minimum atomic E-state index is -4.25. The molecule has 2 fully saturated rings. The fourth-order valence-electron chi connectivity index (χ4n) is 3.56. The molecule has 0 saturated carbocycles. The van der Waals surface area contributed by atoms with Crippen molar-refractivity contribution in [1.29, 1.82) is 0 Å². The number of carbonyl (C=O) groups excluding carboxylic acids is 4. The number of nitrogens with one attached hydrogen (secondary N) is 1. The van der Waals surface area contributed by atoms with Crippen molar-refractivity contribution >= 4 is 33.6 Å². The lowest BCUT2D eigenvalue weighted by Gasteiger charge is -2.36. The van der Waals surface area contributed by atoms with Crippen molar-refractivity contribution in [1.82, 2.24) is 10.2 Å². The van der Waals surface area contributed by atoms with E-state index in [4.69, 9.17) is 9.47 Å². The summed E-state index contributed by atoms with van der Waals surface area (Å²) in [6.07, 6.45) is -0.306. The number of ether oxygens (including phenoxy) is 2. The smallest absolute Gasteiger partial charge is 0.331 e. The lowest BCUT2D eigenvalue weighted by Crippen LogP contribution is -2.59. The van der Waals surface area contributed by atoms with Gasteiger partial charge >= 0.3 is 11.9 Å². The number of nitrogens with zero attached hydrogens (tertiary/aromatic N) is 1. The van der Waals surface area contributed by atoms with E-state index in [-0.39, 0.29) is 32.1 Å². The second-order valence-electron chi connectivity index (χ2n) is 7.23. The largest absolute Gasteiger partial charge is 0.463 e. The van der Waals surface area contributed by atoms with Crippen molar-refractivity contribution in [3.8, 4) is 0 Å². The summed E-state index contributed by atoms with van der Waals surface area (Å²) < 4.78 is 34.0. The van der Waals surface area contributed by atoms with Crippen LogP contribution in [0.2, 0.25) is 0 Å². The van der Waals surface area contributed by atoms with Crippen LogP contribution in [0.25, 0.3) is 0 Å². The van der Waals surface area contributed by atoms with E-state index in [0.717, 1.165) is 11.8 Å². The molecular formula is C19H22N2O8S. The third-order valence-corrected chi connectivity index (χ3v) is 7.94. The average molecular weight is 438 g/mol. The maximum Gasteiger partial charge on any atom is 0.331 e. The topological polar surface area (TPSA) is 136 Å². The third-order valence-electron chi connectivity index (χ3n) is 5.26. The summed E-state index contributed by atoms with van der Waals surface area (Å²) in [5.41, 5.74) is 0.665. The molecule has 3 rings (SSSR count). The van der Waals surface area contributed by atoms with Crippen LogP contribution in [-0.4, -0.2) is 66.4 Å². The van der Waals surface area contributed by atoms with Gasteiger partial charge in [-0.15, -0.1) is 0 Å². The maximum atomic E-state index is 13.0. The Morgan fingerprint density at radius 3 is 2.47 bits per heavy atom. The zero-order valence-corrected chi connectivity index (χ0v) is 17.3. The number of amides is 2. The van der Waals surface area contributed by atoms with Crippen molar-refractivity contribution in [2.24, 2.45) is 0 Å². The first-order valence-electron chi connectivity index (χ1n) is 9.27. The van der Waals surface area contributed by atoms with Gasteiger partial charge in [0.1, 0.15) is 18.6 Å². The highest BCUT2D eigenvalue weighted by atomic mass is 32.2. The Labute approximate surface area is 173 Å². The van der Waals surface area contributed by atoms with Gasteiger partial charge < -0.3 is 19.7 Å². The van der Waals surface area contributed by atoms with Crippen LogP contribution in [0.3, 0.4) is 0 Å². The van der Waals surface area contributed by atoms with Gasteiger partial charge in [-0.2, -0.15) is 0 Å². The fraction of sp³-hybridized carbons (Fsp3) is 0.474. The monoisotopic (exact) mass is 438 g/mol. The molecule has 0 aliphatic carbocycles. The number of hydrogen-bond donors (Lipinski definition) is 1. The van der Waals surface area contributed by atoms with Crippen molar-refractivity contribution in [2.75, 3.05) is 13.2 Å². The van der Waals surface area contributed by atoms with E-state index in [1.807, 2.05) is 0 Å². The molecule has 2 heterocycles. The Kier molecular flexibility index (Phi) is 5.84. The zero-order chi connectivity index (χ0) is 22.1. The number of carbonyl (C=O) groups is 4. The van der Waals surface area contributed by atoms with Crippen LogP contribution in [0.5, 0.6) is 0 Å². The Bertz CT molecular complexity index is 978. The standard InChI is InChI=1S/C19H22N2O8S/c1-12(22)20-8-9-28-18(25)19(2)16(21-14(23)10-15(21)30(19,26)27)17(24)29-11-13-6-4-3-5-7-13/h3-7,15-16H,8-11H2,1-2H3,(H,20,22)/t15-,16+,19-/m1/s1. The summed E-state index contributed by atoms with van der Waals surface area (Å²) >= 11 is 0. The quantitative estimate of drug-likeness (QED) is 0.343. The molecule has 0 spiro atoms. The number of fused-ring (bicyclic) bond motifs is 1. The first-order valence-corrected chi connectivity index (χ1v) is 10.8. The molecule has 1 aromatic rings. The molecule has 162 valence electrons. The van der Waals surface area contributed by atoms with E-state index >= 15 is 0 Å². The maximum absolute atomic E-state index is 13.0. The van der Waals surface area contributed by atoms with E-state index in [9.17, 15) is 27.6 Å². The molecule has 1 aromatic carbocycles. The number of rotatable bonds is 7. The lowest BCUT2D eigenvalue weighted by atomic mass is 9.96. The van der Waals surface area contributed by atoms with E-state index in [1.165, 1.54) is 6.92 Å². The van der Waals surface area contributed by atoms with Crippen molar-refractivity contribution in [2.45, 2.75) is 43.0 Å². The molecule has 10 nitrogen and oxygen atoms in total. The lowest BCUT2D eigenvalue weighted by molar-refractivity contribution is -0.166. The molecule has 30 heavy (non-hydrogen) atoms. The second kappa shape index (κ2) is 8.05. The van der Waals surface area contributed by atoms with Crippen LogP contribution in [0.4, 0.5) is 0 Å². The summed E-state index contributed by atoms with van der Waals surface area (Å²) in [5, 5.41) is 1.14. The minimum absolute atomic E-state index is 0.0214. The number of hydrogen-bond acceptors (Lipinski definition) is 8. The minimum Gasteiger partial charge on any atom is -0.463 e. The van der Waals surface area contributed by atoms with Gasteiger partial charge in [0.15, 0.2) is 20.6 Å². The van der Waals surface area contributed by atoms with Crippen molar-refractivity contribution < 1.29 is 37.1 Å². The molecular weight excluding hydrogens is 416 g/mol. The Balaban J connectivity index is 1.82. The zero-order valence-electron chi connectivity index (χ0n) is 16.5. The number of esters is 2. The van der Waals surface area contributed by atoms with E-state index in [1.54, 1.807) is 30.3 Å². The predicted octanol–water partition coefficient (Wildman–Crippen LogP) is -0.477. The van der Waals surface area contributed by atoms with Crippen LogP contribution in [-0.2, 0) is 45.1 Å². The van der Waals surface area contributed by atoms with Crippen LogP contribution < -0.4 is 5.32 Å².